The molecule has 0 unspecified atom stereocenters. The van der Waals surface area contributed by atoms with E-state index in [1.807, 2.05) is 21.8 Å². The molecule has 0 saturated heterocycles. The highest BCUT2D eigenvalue weighted by Crippen LogP contribution is 2.05. The van der Waals surface area contributed by atoms with Crippen LogP contribution in [0.25, 0.3) is 0 Å². The Morgan fingerprint density at radius 3 is 2.82 bits per heavy atom. The molecule has 2 heterocycles. The molecule has 0 amide bonds. The van der Waals surface area contributed by atoms with E-state index in [-0.39, 0.29) is 5.54 Å². The van der Waals surface area contributed by atoms with E-state index >= 15 is 0 Å². The van der Waals surface area contributed by atoms with Gasteiger partial charge in [-0.1, -0.05) is 5.21 Å². The zero-order valence-corrected chi connectivity index (χ0v) is 11.2. The van der Waals surface area contributed by atoms with Gasteiger partial charge in [0.1, 0.15) is 0 Å². The molecule has 0 atom stereocenters. The van der Waals surface area contributed by atoms with Crippen molar-refractivity contribution in [3.05, 3.63) is 28.5 Å². The molecule has 0 aliphatic rings. The quantitative estimate of drug-likeness (QED) is 0.898. The molecule has 0 aromatic carbocycles. The largest absolute Gasteiger partial charge is 0.306 e. The van der Waals surface area contributed by atoms with Crippen LogP contribution in [-0.2, 0) is 13.1 Å². The molecule has 0 fully saturated rings. The predicted molar refractivity (Wildman–Crippen MR) is 67.8 cm³/mol. The fourth-order valence-corrected chi connectivity index (χ4v) is 1.88. The Morgan fingerprint density at radius 2 is 2.18 bits per heavy atom. The second kappa shape index (κ2) is 4.93. The van der Waals surface area contributed by atoms with Gasteiger partial charge in [0.2, 0.25) is 0 Å². The van der Waals surface area contributed by atoms with E-state index in [4.69, 9.17) is 0 Å². The minimum atomic E-state index is 0.0959. The monoisotopic (exact) mass is 251 g/mol. The molecular weight excluding hydrogens is 234 g/mol. The van der Waals surface area contributed by atoms with Gasteiger partial charge in [0, 0.05) is 17.5 Å². The molecule has 5 nitrogen and oxygen atoms in total. The predicted octanol–water partition coefficient (Wildman–Crippen LogP) is 1.67. The van der Waals surface area contributed by atoms with Crippen LogP contribution in [0.15, 0.2) is 17.1 Å². The highest BCUT2D eigenvalue weighted by Gasteiger charge is 2.10. The maximum absolute atomic E-state index is 4.22. The molecule has 2 aromatic heterocycles. The summed E-state index contributed by atoms with van der Waals surface area (Å²) in [5, 5.41) is 13.6. The van der Waals surface area contributed by atoms with Gasteiger partial charge in [0.25, 0.3) is 0 Å². The van der Waals surface area contributed by atoms with Crippen LogP contribution in [-0.4, -0.2) is 25.5 Å². The van der Waals surface area contributed by atoms with Crippen molar-refractivity contribution in [1.29, 1.82) is 0 Å². The van der Waals surface area contributed by atoms with Crippen molar-refractivity contribution in [3.63, 3.8) is 0 Å². The summed E-state index contributed by atoms with van der Waals surface area (Å²) in [6, 6.07) is 0. The first-order valence-corrected chi connectivity index (χ1v) is 6.48. The van der Waals surface area contributed by atoms with Crippen molar-refractivity contribution in [1.82, 2.24) is 25.3 Å². The Kier molecular flexibility index (Phi) is 3.54. The molecule has 0 aliphatic carbocycles. The lowest BCUT2D eigenvalue weighted by atomic mass is 10.1. The smallest absolute Gasteiger partial charge is 0.0965 e. The van der Waals surface area contributed by atoms with Gasteiger partial charge in [-0.25, -0.2) is 9.67 Å². The fourth-order valence-electron chi connectivity index (χ4n) is 1.33. The summed E-state index contributed by atoms with van der Waals surface area (Å²) >= 11 is 1.59. The number of hydrogen-bond acceptors (Lipinski definition) is 5. The van der Waals surface area contributed by atoms with Crippen molar-refractivity contribution in [2.24, 2.45) is 0 Å². The minimum Gasteiger partial charge on any atom is -0.306 e. The lowest BCUT2D eigenvalue weighted by Crippen LogP contribution is -2.35. The van der Waals surface area contributed by atoms with E-state index in [2.05, 4.69) is 41.4 Å². The average molecular weight is 251 g/mol. The average Bonchev–Trinajstić information content (AvgIpc) is 2.86. The van der Waals surface area contributed by atoms with Crippen LogP contribution in [0.2, 0.25) is 0 Å². The van der Waals surface area contributed by atoms with E-state index in [0.29, 0.717) is 6.54 Å². The SMILES string of the molecule is CC(C)(C)NCc1cn(Cc2cscn2)nn1. The molecule has 0 bridgehead atoms. The Morgan fingerprint density at radius 1 is 1.35 bits per heavy atom. The van der Waals surface area contributed by atoms with E-state index < -0.39 is 0 Å². The third kappa shape index (κ3) is 3.90. The maximum Gasteiger partial charge on any atom is 0.0965 e. The minimum absolute atomic E-state index is 0.0959. The third-order valence-corrected chi connectivity index (χ3v) is 2.83. The molecular formula is C11H17N5S. The first-order chi connectivity index (χ1) is 8.03. The molecule has 6 heteroatoms. The Hall–Kier alpha value is -1.27. The summed E-state index contributed by atoms with van der Waals surface area (Å²) in [5.74, 6) is 0. The van der Waals surface area contributed by atoms with Crippen LogP contribution in [0.1, 0.15) is 32.2 Å². The molecule has 2 aromatic rings. The first-order valence-electron chi connectivity index (χ1n) is 5.54. The van der Waals surface area contributed by atoms with Crippen molar-refractivity contribution in [3.8, 4) is 0 Å². The van der Waals surface area contributed by atoms with Crippen LogP contribution in [0.4, 0.5) is 0 Å². The molecule has 1 N–H and O–H groups in total. The van der Waals surface area contributed by atoms with E-state index in [1.165, 1.54) is 0 Å². The number of thiazole rings is 1. The fraction of sp³-hybridized carbons (Fsp3) is 0.545. The van der Waals surface area contributed by atoms with Crippen molar-refractivity contribution >= 4 is 11.3 Å². The molecule has 0 spiro atoms. The Labute approximate surface area is 105 Å². The van der Waals surface area contributed by atoms with E-state index in [1.54, 1.807) is 11.3 Å². The summed E-state index contributed by atoms with van der Waals surface area (Å²) in [6.45, 7) is 7.82. The standard InChI is InChI=1S/C11H17N5S/c1-11(2,3)13-4-9-5-16(15-14-9)6-10-7-17-8-12-10/h5,7-8,13H,4,6H2,1-3H3. The maximum atomic E-state index is 4.22. The zero-order chi connectivity index (χ0) is 12.3. The van der Waals surface area contributed by atoms with Crippen LogP contribution in [0.5, 0.6) is 0 Å². The highest BCUT2D eigenvalue weighted by molar-refractivity contribution is 7.07. The lowest BCUT2D eigenvalue weighted by molar-refractivity contribution is 0.421. The Balaban J connectivity index is 1.92. The summed E-state index contributed by atoms with van der Waals surface area (Å²) in [6.07, 6.45) is 1.96. The zero-order valence-electron chi connectivity index (χ0n) is 10.3. The molecule has 2 rings (SSSR count). The summed E-state index contributed by atoms with van der Waals surface area (Å²) in [7, 11) is 0. The normalized spacial score (nSPS) is 11.9. The molecule has 92 valence electrons. The van der Waals surface area contributed by atoms with Gasteiger partial charge in [0.05, 0.1) is 29.6 Å². The van der Waals surface area contributed by atoms with Crippen molar-refractivity contribution in [2.45, 2.75) is 39.4 Å². The second-order valence-corrected chi connectivity index (χ2v) is 5.71. The lowest BCUT2D eigenvalue weighted by Gasteiger charge is -2.19. The second-order valence-electron chi connectivity index (χ2n) is 4.99. The van der Waals surface area contributed by atoms with Gasteiger partial charge in [-0.15, -0.1) is 16.4 Å². The summed E-state index contributed by atoms with van der Waals surface area (Å²) in [5.41, 5.74) is 3.90. The Bertz CT molecular complexity index is 454. The van der Waals surface area contributed by atoms with E-state index in [0.717, 1.165) is 17.9 Å². The van der Waals surface area contributed by atoms with Crippen LogP contribution < -0.4 is 5.32 Å². The number of rotatable bonds is 4. The van der Waals surface area contributed by atoms with Crippen molar-refractivity contribution in [2.75, 3.05) is 0 Å². The molecule has 0 radical (unpaired) electrons. The summed E-state index contributed by atoms with van der Waals surface area (Å²) in [4.78, 5) is 4.22. The number of nitrogens with zero attached hydrogens (tertiary/aromatic N) is 4. The van der Waals surface area contributed by atoms with Gasteiger partial charge in [-0.05, 0) is 20.8 Å². The molecule has 0 saturated carbocycles. The summed E-state index contributed by atoms with van der Waals surface area (Å²) < 4.78 is 1.81. The van der Waals surface area contributed by atoms with Crippen LogP contribution in [0.3, 0.4) is 0 Å². The van der Waals surface area contributed by atoms with E-state index in [9.17, 15) is 0 Å². The van der Waals surface area contributed by atoms with Crippen LogP contribution in [0, 0.1) is 0 Å². The highest BCUT2D eigenvalue weighted by atomic mass is 32.1. The van der Waals surface area contributed by atoms with Crippen molar-refractivity contribution < 1.29 is 0 Å². The molecule has 0 aliphatic heterocycles. The van der Waals surface area contributed by atoms with Crippen LogP contribution >= 0.6 is 11.3 Å². The third-order valence-electron chi connectivity index (χ3n) is 2.19. The van der Waals surface area contributed by atoms with Gasteiger partial charge in [0.15, 0.2) is 0 Å². The van der Waals surface area contributed by atoms with Gasteiger partial charge < -0.3 is 5.32 Å². The van der Waals surface area contributed by atoms with Gasteiger partial charge >= 0.3 is 0 Å². The van der Waals surface area contributed by atoms with Gasteiger partial charge in [-0.2, -0.15) is 0 Å². The number of hydrogen-bond donors (Lipinski definition) is 1. The van der Waals surface area contributed by atoms with Gasteiger partial charge in [-0.3, -0.25) is 0 Å². The number of aromatic nitrogens is 4. The molecule has 17 heavy (non-hydrogen) atoms. The topological polar surface area (TPSA) is 55.6 Å². The number of nitrogens with one attached hydrogen (secondary N) is 1. The first kappa shape index (κ1) is 12.2.